The van der Waals surface area contributed by atoms with Gasteiger partial charge in [-0.2, -0.15) is 0 Å². The summed E-state index contributed by atoms with van der Waals surface area (Å²) in [5.41, 5.74) is 0.624. The molecule has 0 saturated carbocycles. The van der Waals surface area contributed by atoms with E-state index in [0.717, 1.165) is 0 Å². The van der Waals surface area contributed by atoms with Gasteiger partial charge in [-0.05, 0) is 12.1 Å². The van der Waals surface area contributed by atoms with Gasteiger partial charge in [-0.3, -0.25) is 0 Å². The van der Waals surface area contributed by atoms with Crippen LogP contribution in [0.15, 0.2) is 43.2 Å². The van der Waals surface area contributed by atoms with Crippen molar-refractivity contribution in [3.63, 3.8) is 0 Å². The Morgan fingerprint density at radius 2 is 1.84 bits per heavy atom. The third-order valence-corrected chi connectivity index (χ3v) is 2.94. The predicted octanol–water partition coefficient (Wildman–Crippen LogP) is 4.12. The minimum atomic E-state index is 0.534. The maximum Gasteiger partial charge on any atom is 0.135 e. The quantitative estimate of drug-likeness (QED) is 0.814. The molecule has 0 atom stereocenters. The van der Waals surface area contributed by atoms with Crippen molar-refractivity contribution in [3.8, 4) is 0 Å². The van der Waals surface area contributed by atoms with Gasteiger partial charge < -0.3 is 10.6 Å². The normalized spacial score (nSPS) is 10.0. The monoisotopic (exact) mass is 294 g/mol. The van der Waals surface area contributed by atoms with Crippen molar-refractivity contribution in [1.29, 1.82) is 0 Å². The molecule has 0 spiro atoms. The number of nitrogens with one attached hydrogen (secondary N) is 2. The van der Waals surface area contributed by atoms with Gasteiger partial charge in [0, 0.05) is 12.6 Å². The van der Waals surface area contributed by atoms with Crippen LogP contribution in [0, 0.1) is 0 Å². The molecule has 1 heterocycles. The molecule has 4 nitrogen and oxygen atoms in total. The third kappa shape index (κ3) is 3.59. The van der Waals surface area contributed by atoms with E-state index in [2.05, 4.69) is 27.2 Å². The highest BCUT2D eigenvalue weighted by Crippen LogP contribution is 2.32. The average Bonchev–Trinajstić information content (AvgIpc) is 2.41. The van der Waals surface area contributed by atoms with Crippen LogP contribution in [0.2, 0.25) is 10.0 Å². The maximum absolute atomic E-state index is 6.08. The van der Waals surface area contributed by atoms with Crippen LogP contribution < -0.4 is 10.6 Å². The molecule has 0 saturated heterocycles. The summed E-state index contributed by atoms with van der Waals surface area (Å²) in [6.07, 6.45) is 3.21. The van der Waals surface area contributed by atoms with Gasteiger partial charge in [0.15, 0.2) is 0 Å². The highest BCUT2D eigenvalue weighted by Gasteiger charge is 2.06. The van der Waals surface area contributed by atoms with E-state index in [1.54, 1.807) is 30.3 Å². The third-order valence-electron chi connectivity index (χ3n) is 2.31. The summed E-state index contributed by atoms with van der Waals surface area (Å²) >= 11 is 12.2. The Labute approximate surface area is 121 Å². The maximum atomic E-state index is 6.08. The van der Waals surface area contributed by atoms with Crippen molar-refractivity contribution in [2.24, 2.45) is 0 Å². The zero-order valence-electron chi connectivity index (χ0n) is 10.0. The van der Waals surface area contributed by atoms with Crippen LogP contribution in [0.4, 0.5) is 17.3 Å². The molecule has 0 aliphatic heterocycles. The molecule has 0 fully saturated rings. The first-order valence-electron chi connectivity index (χ1n) is 5.58. The van der Waals surface area contributed by atoms with Gasteiger partial charge in [-0.1, -0.05) is 35.3 Å². The van der Waals surface area contributed by atoms with Gasteiger partial charge in [0.25, 0.3) is 0 Å². The Hall–Kier alpha value is -1.78. The minimum Gasteiger partial charge on any atom is -0.366 e. The highest BCUT2D eigenvalue weighted by molar-refractivity contribution is 6.39. The Morgan fingerprint density at radius 3 is 2.53 bits per heavy atom. The van der Waals surface area contributed by atoms with Crippen molar-refractivity contribution < 1.29 is 0 Å². The minimum absolute atomic E-state index is 0.534. The Kier molecular flexibility index (Phi) is 4.60. The van der Waals surface area contributed by atoms with E-state index in [9.17, 15) is 0 Å². The molecule has 19 heavy (non-hydrogen) atoms. The lowest BCUT2D eigenvalue weighted by Gasteiger charge is -2.10. The number of rotatable bonds is 5. The summed E-state index contributed by atoms with van der Waals surface area (Å²) in [7, 11) is 0. The fourth-order valence-corrected chi connectivity index (χ4v) is 1.94. The van der Waals surface area contributed by atoms with Crippen molar-refractivity contribution in [3.05, 3.63) is 53.3 Å². The van der Waals surface area contributed by atoms with Crippen LogP contribution in [0.1, 0.15) is 0 Å². The smallest absolute Gasteiger partial charge is 0.135 e. The number of anilines is 3. The molecule has 2 N–H and O–H groups in total. The molecular weight excluding hydrogens is 283 g/mol. The van der Waals surface area contributed by atoms with Crippen LogP contribution in [0.3, 0.4) is 0 Å². The van der Waals surface area contributed by atoms with Gasteiger partial charge in [-0.25, -0.2) is 9.97 Å². The molecule has 0 bridgehead atoms. The summed E-state index contributed by atoms with van der Waals surface area (Å²) in [5.74, 6) is 1.30. The van der Waals surface area contributed by atoms with E-state index in [1.165, 1.54) is 6.33 Å². The molecule has 98 valence electrons. The van der Waals surface area contributed by atoms with Gasteiger partial charge in [0.1, 0.15) is 18.0 Å². The molecule has 1 aromatic heterocycles. The van der Waals surface area contributed by atoms with E-state index in [-0.39, 0.29) is 0 Å². The lowest BCUT2D eigenvalue weighted by molar-refractivity contribution is 1.14. The summed E-state index contributed by atoms with van der Waals surface area (Å²) in [6, 6.07) is 7.07. The van der Waals surface area contributed by atoms with Crippen molar-refractivity contribution in [2.45, 2.75) is 0 Å². The first-order valence-corrected chi connectivity index (χ1v) is 6.34. The second kappa shape index (κ2) is 6.41. The second-order valence-corrected chi connectivity index (χ2v) is 4.49. The van der Waals surface area contributed by atoms with Crippen LogP contribution in [0.5, 0.6) is 0 Å². The highest BCUT2D eigenvalue weighted by atomic mass is 35.5. The number of para-hydroxylation sites is 1. The molecule has 2 aromatic rings. The summed E-state index contributed by atoms with van der Waals surface area (Å²) < 4.78 is 0. The predicted molar refractivity (Wildman–Crippen MR) is 80.5 cm³/mol. The van der Waals surface area contributed by atoms with E-state index in [4.69, 9.17) is 23.2 Å². The molecule has 0 unspecified atom stereocenters. The fourth-order valence-electron chi connectivity index (χ4n) is 1.44. The second-order valence-electron chi connectivity index (χ2n) is 3.68. The largest absolute Gasteiger partial charge is 0.366 e. The molecular formula is C13H12Cl2N4. The number of nitrogens with zero attached hydrogens (tertiary/aromatic N) is 2. The molecule has 0 radical (unpaired) electrons. The Balaban J connectivity index is 2.21. The van der Waals surface area contributed by atoms with Crippen LogP contribution in [-0.2, 0) is 0 Å². The summed E-state index contributed by atoms with van der Waals surface area (Å²) in [6.45, 7) is 4.26. The number of hydrogen-bond acceptors (Lipinski definition) is 4. The van der Waals surface area contributed by atoms with Crippen molar-refractivity contribution >= 4 is 40.5 Å². The van der Waals surface area contributed by atoms with E-state index >= 15 is 0 Å². The van der Waals surface area contributed by atoms with Gasteiger partial charge in [0.2, 0.25) is 0 Å². The van der Waals surface area contributed by atoms with Gasteiger partial charge in [-0.15, -0.1) is 6.58 Å². The zero-order valence-corrected chi connectivity index (χ0v) is 11.5. The van der Waals surface area contributed by atoms with E-state index < -0.39 is 0 Å². The molecule has 0 aliphatic carbocycles. The van der Waals surface area contributed by atoms with Crippen molar-refractivity contribution in [2.75, 3.05) is 17.2 Å². The van der Waals surface area contributed by atoms with Gasteiger partial charge in [0.05, 0.1) is 15.7 Å². The number of benzene rings is 1. The lowest BCUT2D eigenvalue weighted by Crippen LogP contribution is -2.02. The van der Waals surface area contributed by atoms with E-state index in [1.807, 2.05) is 0 Å². The fraction of sp³-hybridized carbons (Fsp3) is 0.0769. The standard InChI is InChI=1S/C13H12Cl2N4/c1-2-6-16-11-7-12(18-8-17-11)19-13-9(14)4-3-5-10(13)15/h2-5,7-8H,1,6H2,(H2,16,17,18,19). The van der Waals surface area contributed by atoms with Crippen molar-refractivity contribution in [1.82, 2.24) is 9.97 Å². The first-order chi connectivity index (χ1) is 9.20. The molecule has 1 aromatic carbocycles. The van der Waals surface area contributed by atoms with Gasteiger partial charge >= 0.3 is 0 Å². The number of hydrogen-bond donors (Lipinski definition) is 2. The van der Waals surface area contributed by atoms with Crippen LogP contribution in [-0.4, -0.2) is 16.5 Å². The molecule has 2 rings (SSSR count). The summed E-state index contributed by atoms with van der Waals surface area (Å²) in [4.78, 5) is 8.21. The average molecular weight is 295 g/mol. The molecule has 0 aliphatic rings. The van der Waals surface area contributed by atoms with Crippen LogP contribution >= 0.6 is 23.2 Å². The Bertz CT molecular complexity index is 566. The number of halogens is 2. The van der Waals surface area contributed by atoms with E-state index in [0.29, 0.717) is 33.9 Å². The zero-order chi connectivity index (χ0) is 13.7. The topological polar surface area (TPSA) is 49.8 Å². The lowest BCUT2D eigenvalue weighted by atomic mass is 10.3. The summed E-state index contributed by atoms with van der Waals surface area (Å²) in [5, 5.41) is 7.22. The SMILES string of the molecule is C=CCNc1cc(Nc2c(Cl)cccc2Cl)ncn1. The molecule has 6 heteroatoms. The molecule has 0 amide bonds. The number of aromatic nitrogens is 2. The Morgan fingerprint density at radius 1 is 1.16 bits per heavy atom. The van der Waals surface area contributed by atoms with Crippen LogP contribution in [0.25, 0.3) is 0 Å². The first kappa shape index (κ1) is 13.6.